The monoisotopic (exact) mass is 162 g/mol. The zero-order chi connectivity index (χ0) is 8.55. The lowest BCUT2D eigenvalue weighted by molar-refractivity contribution is 0.448. The van der Waals surface area contributed by atoms with E-state index in [4.69, 9.17) is 5.73 Å². The molecule has 0 fully saturated rings. The molecule has 1 aliphatic carbocycles. The molecular formula is C10H14N2. The van der Waals surface area contributed by atoms with Crippen molar-refractivity contribution in [2.45, 2.75) is 25.8 Å². The van der Waals surface area contributed by atoms with Crippen molar-refractivity contribution in [1.82, 2.24) is 4.98 Å². The minimum atomic E-state index is 0.172. The predicted molar refractivity (Wildman–Crippen MR) is 48.7 cm³/mol. The van der Waals surface area contributed by atoms with E-state index >= 15 is 0 Å². The summed E-state index contributed by atoms with van der Waals surface area (Å²) in [5.41, 5.74) is 8.50. The standard InChI is InChI=1S/C10H14N2/c1-2-7-6-8-4-3-5-12-10(8)9(7)11/h3-5,7,9H,2,6,11H2,1H3/t7-,9-/m0/s1. The van der Waals surface area contributed by atoms with Crippen molar-refractivity contribution in [3.8, 4) is 0 Å². The minimum Gasteiger partial charge on any atom is -0.322 e. The molecule has 2 atom stereocenters. The molecule has 1 heterocycles. The van der Waals surface area contributed by atoms with Gasteiger partial charge < -0.3 is 5.73 Å². The van der Waals surface area contributed by atoms with Crippen molar-refractivity contribution in [1.29, 1.82) is 0 Å². The van der Waals surface area contributed by atoms with Crippen LogP contribution in [0, 0.1) is 5.92 Å². The van der Waals surface area contributed by atoms with Gasteiger partial charge in [-0.25, -0.2) is 0 Å². The summed E-state index contributed by atoms with van der Waals surface area (Å²) >= 11 is 0. The van der Waals surface area contributed by atoms with Gasteiger partial charge in [-0.3, -0.25) is 4.98 Å². The Morgan fingerprint density at radius 3 is 3.17 bits per heavy atom. The lowest BCUT2D eigenvalue weighted by Gasteiger charge is -2.11. The van der Waals surface area contributed by atoms with Gasteiger partial charge in [-0.2, -0.15) is 0 Å². The fraction of sp³-hybridized carbons (Fsp3) is 0.500. The topological polar surface area (TPSA) is 38.9 Å². The highest BCUT2D eigenvalue weighted by atomic mass is 14.8. The van der Waals surface area contributed by atoms with E-state index < -0.39 is 0 Å². The van der Waals surface area contributed by atoms with Crippen molar-refractivity contribution in [3.05, 3.63) is 29.6 Å². The third-order valence-corrected chi connectivity index (χ3v) is 2.76. The van der Waals surface area contributed by atoms with Crippen molar-refractivity contribution in [2.24, 2.45) is 11.7 Å². The fourth-order valence-electron chi connectivity index (χ4n) is 1.95. The maximum absolute atomic E-state index is 6.04. The molecule has 2 rings (SSSR count). The minimum absolute atomic E-state index is 0.172. The molecule has 2 nitrogen and oxygen atoms in total. The zero-order valence-electron chi connectivity index (χ0n) is 7.33. The third kappa shape index (κ3) is 1.03. The number of pyridine rings is 1. The van der Waals surface area contributed by atoms with E-state index in [0.29, 0.717) is 5.92 Å². The summed E-state index contributed by atoms with van der Waals surface area (Å²) in [6, 6.07) is 4.30. The smallest absolute Gasteiger partial charge is 0.0605 e. The van der Waals surface area contributed by atoms with Gasteiger partial charge in [-0.1, -0.05) is 19.4 Å². The van der Waals surface area contributed by atoms with Crippen LogP contribution >= 0.6 is 0 Å². The van der Waals surface area contributed by atoms with Crippen molar-refractivity contribution < 1.29 is 0 Å². The van der Waals surface area contributed by atoms with Crippen LogP contribution in [0.15, 0.2) is 18.3 Å². The highest BCUT2D eigenvalue weighted by molar-refractivity contribution is 5.29. The Morgan fingerprint density at radius 1 is 1.67 bits per heavy atom. The van der Waals surface area contributed by atoms with Crippen LogP contribution in [0.25, 0.3) is 0 Å². The van der Waals surface area contributed by atoms with Gasteiger partial charge in [-0.05, 0) is 24.0 Å². The van der Waals surface area contributed by atoms with Crippen molar-refractivity contribution in [3.63, 3.8) is 0 Å². The number of aromatic nitrogens is 1. The third-order valence-electron chi connectivity index (χ3n) is 2.76. The molecule has 0 aromatic carbocycles. The second-order valence-electron chi connectivity index (χ2n) is 3.45. The van der Waals surface area contributed by atoms with E-state index in [1.165, 1.54) is 5.56 Å². The highest BCUT2D eigenvalue weighted by Gasteiger charge is 2.28. The van der Waals surface area contributed by atoms with Crippen molar-refractivity contribution >= 4 is 0 Å². The van der Waals surface area contributed by atoms with Gasteiger partial charge in [0.05, 0.1) is 11.7 Å². The molecule has 0 spiro atoms. The first-order valence-corrected chi connectivity index (χ1v) is 4.52. The molecule has 0 unspecified atom stereocenters. The molecule has 0 saturated carbocycles. The Morgan fingerprint density at radius 2 is 2.50 bits per heavy atom. The molecule has 64 valence electrons. The Labute approximate surface area is 72.8 Å². The van der Waals surface area contributed by atoms with Gasteiger partial charge in [-0.15, -0.1) is 0 Å². The molecular weight excluding hydrogens is 148 g/mol. The van der Waals surface area contributed by atoms with Crippen LogP contribution in [0.3, 0.4) is 0 Å². The van der Waals surface area contributed by atoms with Crippen LogP contribution in [0.5, 0.6) is 0 Å². The number of fused-ring (bicyclic) bond motifs is 1. The summed E-state index contributed by atoms with van der Waals surface area (Å²) in [6.45, 7) is 2.19. The largest absolute Gasteiger partial charge is 0.322 e. The lowest BCUT2D eigenvalue weighted by Crippen LogP contribution is -2.16. The van der Waals surface area contributed by atoms with Crippen LogP contribution in [0.4, 0.5) is 0 Å². The average Bonchev–Trinajstić information content (AvgIpc) is 2.44. The molecule has 0 radical (unpaired) electrons. The first-order valence-electron chi connectivity index (χ1n) is 4.52. The van der Waals surface area contributed by atoms with Gasteiger partial charge >= 0.3 is 0 Å². The van der Waals surface area contributed by atoms with Gasteiger partial charge in [0.1, 0.15) is 0 Å². The Balaban J connectivity index is 2.35. The van der Waals surface area contributed by atoms with E-state index in [2.05, 4.69) is 18.0 Å². The quantitative estimate of drug-likeness (QED) is 0.682. The summed E-state index contributed by atoms with van der Waals surface area (Å²) in [4.78, 5) is 4.31. The first-order chi connectivity index (χ1) is 5.83. The fourth-order valence-corrected chi connectivity index (χ4v) is 1.95. The van der Waals surface area contributed by atoms with Gasteiger partial charge in [0.15, 0.2) is 0 Å². The number of hydrogen-bond acceptors (Lipinski definition) is 2. The molecule has 2 N–H and O–H groups in total. The molecule has 0 amide bonds. The molecule has 1 aliphatic rings. The average molecular weight is 162 g/mol. The van der Waals surface area contributed by atoms with E-state index in [-0.39, 0.29) is 6.04 Å². The maximum atomic E-state index is 6.04. The van der Waals surface area contributed by atoms with Gasteiger partial charge in [0.25, 0.3) is 0 Å². The van der Waals surface area contributed by atoms with Gasteiger partial charge in [0.2, 0.25) is 0 Å². The van der Waals surface area contributed by atoms with Crippen molar-refractivity contribution in [2.75, 3.05) is 0 Å². The van der Waals surface area contributed by atoms with E-state index in [9.17, 15) is 0 Å². The molecule has 0 bridgehead atoms. The molecule has 2 heteroatoms. The summed E-state index contributed by atoms with van der Waals surface area (Å²) in [5, 5.41) is 0. The van der Waals surface area contributed by atoms with Crippen LogP contribution in [0.2, 0.25) is 0 Å². The van der Waals surface area contributed by atoms with Gasteiger partial charge in [0, 0.05) is 6.20 Å². The van der Waals surface area contributed by atoms with Crippen LogP contribution in [0.1, 0.15) is 30.6 Å². The Hall–Kier alpha value is -0.890. The summed E-state index contributed by atoms with van der Waals surface area (Å²) in [5.74, 6) is 0.606. The van der Waals surface area contributed by atoms with E-state index in [1.807, 2.05) is 12.3 Å². The second kappa shape index (κ2) is 2.87. The SMILES string of the molecule is CC[C@H]1Cc2cccnc2[C@H]1N. The Kier molecular flexibility index (Phi) is 1.85. The molecule has 12 heavy (non-hydrogen) atoms. The first kappa shape index (κ1) is 7.74. The number of nitrogens with two attached hydrogens (primary N) is 1. The molecule has 1 aromatic rings. The number of hydrogen-bond donors (Lipinski definition) is 1. The maximum Gasteiger partial charge on any atom is 0.0605 e. The lowest BCUT2D eigenvalue weighted by atomic mass is 10.0. The zero-order valence-corrected chi connectivity index (χ0v) is 7.33. The van der Waals surface area contributed by atoms with Crippen LogP contribution in [-0.4, -0.2) is 4.98 Å². The second-order valence-corrected chi connectivity index (χ2v) is 3.45. The highest BCUT2D eigenvalue weighted by Crippen LogP contribution is 2.34. The number of nitrogens with zero attached hydrogens (tertiary/aromatic N) is 1. The number of rotatable bonds is 1. The summed E-state index contributed by atoms with van der Waals surface area (Å²) in [6.07, 6.45) is 4.09. The molecule has 0 aliphatic heterocycles. The van der Waals surface area contributed by atoms with E-state index in [0.717, 1.165) is 18.5 Å². The molecule has 0 saturated heterocycles. The Bertz CT molecular complexity index is 283. The van der Waals surface area contributed by atoms with Crippen LogP contribution in [-0.2, 0) is 6.42 Å². The molecule has 1 aromatic heterocycles. The summed E-state index contributed by atoms with van der Waals surface area (Å²) < 4.78 is 0. The van der Waals surface area contributed by atoms with E-state index in [1.54, 1.807) is 0 Å². The predicted octanol–water partition coefficient (Wildman–Crippen LogP) is 1.66. The summed E-state index contributed by atoms with van der Waals surface area (Å²) in [7, 11) is 0. The van der Waals surface area contributed by atoms with Crippen LogP contribution < -0.4 is 5.73 Å². The normalized spacial score (nSPS) is 27.2.